The van der Waals surface area contributed by atoms with E-state index < -0.39 is 0 Å². The summed E-state index contributed by atoms with van der Waals surface area (Å²) in [5.74, 6) is -0.177. The molecule has 0 saturated carbocycles. The second-order valence-corrected chi connectivity index (χ2v) is 4.89. The van der Waals surface area contributed by atoms with Crippen molar-refractivity contribution < 1.29 is 14.3 Å². The lowest BCUT2D eigenvalue weighted by Crippen LogP contribution is -2.37. The average Bonchev–Trinajstić information content (AvgIpc) is 2.12. The first-order valence-corrected chi connectivity index (χ1v) is 5.87. The standard InChI is InChI=1S/C12H25NO3/c1-6-15-9-10(2)16-11(14)7-8-13-12(3,4)5/h10,13H,6-9H2,1-5H3. The zero-order valence-electron chi connectivity index (χ0n) is 11.1. The van der Waals surface area contributed by atoms with Crippen LogP contribution in [0.1, 0.15) is 41.0 Å². The molecule has 0 saturated heterocycles. The van der Waals surface area contributed by atoms with Crippen LogP contribution in [0.4, 0.5) is 0 Å². The van der Waals surface area contributed by atoms with Gasteiger partial charge in [-0.3, -0.25) is 4.79 Å². The summed E-state index contributed by atoms with van der Waals surface area (Å²) in [5, 5.41) is 3.24. The highest BCUT2D eigenvalue weighted by molar-refractivity contribution is 5.69. The Labute approximate surface area is 98.7 Å². The number of hydrogen-bond acceptors (Lipinski definition) is 4. The first-order chi connectivity index (χ1) is 7.35. The van der Waals surface area contributed by atoms with Crippen LogP contribution in [0.3, 0.4) is 0 Å². The largest absolute Gasteiger partial charge is 0.460 e. The van der Waals surface area contributed by atoms with Gasteiger partial charge in [-0.15, -0.1) is 0 Å². The zero-order chi connectivity index (χ0) is 12.6. The quantitative estimate of drug-likeness (QED) is 0.678. The van der Waals surface area contributed by atoms with E-state index in [-0.39, 0.29) is 17.6 Å². The maximum atomic E-state index is 11.4. The minimum absolute atomic E-state index is 0.0389. The predicted molar refractivity (Wildman–Crippen MR) is 64.4 cm³/mol. The molecule has 0 aromatic carbocycles. The van der Waals surface area contributed by atoms with Crippen molar-refractivity contribution >= 4 is 5.97 Å². The third-order valence-electron chi connectivity index (χ3n) is 1.87. The van der Waals surface area contributed by atoms with E-state index in [0.717, 1.165) is 0 Å². The first kappa shape index (κ1) is 15.4. The lowest BCUT2D eigenvalue weighted by Gasteiger charge is -2.20. The molecule has 96 valence electrons. The molecule has 0 aliphatic rings. The summed E-state index contributed by atoms with van der Waals surface area (Å²) >= 11 is 0. The Morgan fingerprint density at radius 1 is 1.38 bits per heavy atom. The summed E-state index contributed by atoms with van der Waals surface area (Å²) in [6.45, 7) is 11.7. The Kier molecular flexibility index (Phi) is 7.34. The lowest BCUT2D eigenvalue weighted by molar-refractivity contribution is -0.150. The van der Waals surface area contributed by atoms with Crippen molar-refractivity contribution in [1.82, 2.24) is 5.32 Å². The summed E-state index contributed by atoms with van der Waals surface area (Å²) in [7, 11) is 0. The Bertz CT molecular complexity index is 199. The van der Waals surface area contributed by atoms with Crippen LogP contribution in [-0.4, -0.2) is 37.4 Å². The van der Waals surface area contributed by atoms with E-state index in [4.69, 9.17) is 9.47 Å². The minimum Gasteiger partial charge on any atom is -0.460 e. The lowest BCUT2D eigenvalue weighted by atomic mass is 10.1. The molecule has 0 fully saturated rings. The second kappa shape index (κ2) is 7.63. The normalized spacial score (nSPS) is 13.6. The highest BCUT2D eigenvalue weighted by Gasteiger charge is 2.12. The third kappa shape index (κ3) is 9.93. The molecule has 4 heteroatoms. The van der Waals surface area contributed by atoms with Crippen LogP contribution >= 0.6 is 0 Å². The van der Waals surface area contributed by atoms with Crippen LogP contribution < -0.4 is 5.32 Å². The summed E-state index contributed by atoms with van der Waals surface area (Å²) in [6, 6.07) is 0. The van der Waals surface area contributed by atoms with Crippen LogP contribution in [0.15, 0.2) is 0 Å². The molecule has 1 N–H and O–H groups in total. The SMILES string of the molecule is CCOCC(C)OC(=O)CCNC(C)(C)C. The highest BCUT2D eigenvalue weighted by atomic mass is 16.6. The number of carbonyl (C=O) groups excluding carboxylic acids is 1. The van der Waals surface area contributed by atoms with Gasteiger partial charge in [0.15, 0.2) is 0 Å². The van der Waals surface area contributed by atoms with E-state index in [1.807, 2.05) is 13.8 Å². The van der Waals surface area contributed by atoms with Crippen LogP contribution in [0.2, 0.25) is 0 Å². The van der Waals surface area contributed by atoms with Crippen LogP contribution in [0.25, 0.3) is 0 Å². The van der Waals surface area contributed by atoms with Gasteiger partial charge in [-0.1, -0.05) is 0 Å². The molecular formula is C12H25NO3. The predicted octanol–water partition coefficient (Wildman–Crippen LogP) is 1.73. The Hall–Kier alpha value is -0.610. The van der Waals surface area contributed by atoms with E-state index in [9.17, 15) is 4.79 Å². The van der Waals surface area contributed by atoms with Crippen molar-refractivity contribution in [2.45, 2.75) is 52.7 Å². The zero-order valence-corrected chi connectivity index (χ0v) is 11.1. The monoisotopic (exact) mass is 231 g/mol. The molecule has 1 atom stereocenters. The summed E-state index contributed by atoms with van der Waals surface area (Å²) in [5.41, 5.74) is 0.0389. The van der Waals surface area contributed by atoms with Gasteiger partial charge in [0.05, 0.1) is 13.0 Å². The fraction of sp³-hybridized carbons (Fsp3) is 0.917. The molecule has 0 rings (SSSR count). The molecule has 0 bridgehead atoms. The van der Waals surface area contributed by atoms with Crippen molar-refractivity contribution in [2.75, 3.05) is 19.8 Å². The third-order valence-corrected chi connectivity index (χ3v) is 1.87. The maximum absolute atomic E-state index is 11.4. The van der Waals surface area contributed by atoms with E-state index in [2.05, 4.69) is 26.1 Å². The van der Waals surface area contributed by atoms with Crippen molar-refractivity contribution in [1.29, 1.82) is 0 Å². The van der Waals surface area contributed by atoms with Gasteiger partial charge in [0.1, 0.15) is 6.10 Å². The first-order valence-electron chi connectivity index (χ1n) is 5.87. The van der Waals surface area contributed by atoms with Gasteiger partial charge in [-0.2, -0.15) is 0 Å². The fourth-order valence-corrected chi connectivity index (χ4v) is 1.14. The van der Waals surface area contributed by atoms with E-state index in [0.29, 0.717) is 26.2 Å². The molecule has 0 radical (unpaired) electrons. The van der Waals surface area contributed by atoms with Gasteiger partial charge < -0.3 is 14.8 Å². The smallest absolute Gasteiger partial charge is 0.307 e. The molecule has 0 spiro atoms. The van der Waals surface area contributed by atoms with Crippen molar-refractivity contribution in [3.8, 4) is 0 Å². The van der Waals surface area contributed by atoms with Crippen molar-refractivity contribution in [2.24, 2.45) is 0 Å². The fourth-order valence-electron chi connectivity index (χ4n) is 1.14. The van der Waals surface area contributed by atoms with Gasteiger partial charge in [-0.25, -0.2) is 0 Å². The number of rotatable bonds is 7. The van der Waals surface area contributed by atoms with Gasteiger partial charge in [0.2, 0.25) is 0 Å². The Morgan fingerprint density at radius 2 is 2.00 bits per heavy atom. The van der Waals surface area contributed by atoms with Gasteiger partial charge >= 0.3 is 5.97 Å². The molecule has 0 aromatic rings. The average molecular weight is 231 g/mol. The Morgan fingerprint density at radius 3 is 2.50 bits per heavy atom. The summed E-state index contributed by atoms with van der Waals surface area (Å²) < 4.78 is 10.3. The molecule has 0 aromatic heterocycles. The molecule has 1 unspecified atom stereocenters. The molecule has 0 amide bonds. The number of esters is 1. The molecule has 0 aliphatic heterocycles. The topological polar surface area (TPSA) is 47.6 Å². The Balaban J connectivity index is 3.58. The molecule has 0 heterocycles. The minimum atomic E-state index is -0.177. The van der Waals surface area contributed by atoms with E-state index >= 15 is 0 Å². The van der Waals surface area contributed by atoms with Crippen molar-refractivity contribution in [3.05, 3.63) is 0 Å². The number of hydrogen-bond donors (Lipinski definition) is 1. The summed E-state index contributed by atoms with van der Waals surface area (Å²) in [6.07, 6.45) is 0.232. The molecule has 0 aliphatic carbocycles. The number of ether oxygens (including phenoxy) is 2. The van der Waals surface area contributed by atoms with Crippen molar-refractivity contribution in [3.63, 3.8) is 0 Å². The summed E-state index contributed by atoms with van der Waals surface area (Å²) in [4.78, 5) is 11.4. The highest BCUT2D eigenvalue weighted by Crippen LogP contribution is 2.00. The maximum Gasteiger partial charge on any atom is 0.307 e. The van der Waals surface area contributed by atoms with Crippen LogP contribution in [-0.2, 0) is 14.3 Å². The van der Waals surface area contributed by atoms with Gasteiger partial charge in [0, 0.05) is 18.7 Å². The number of nitrogens with one attached hydrogen (secondary N) is 1. The second-order valence-electron chi connectivity index (χ2n) is 4.89. The van der Waals surface area contributed by atoms with Gasteiger partial charge in [0.25, 0.3) is 0 Å². The van der Waals surface area contributed by atoms with E-state index in [1.54, 1.807) is 0 Å². The van der Waals surface area contributed by atoms with Crippen LogP contribution in [0.5, 0.6) is 0 Å². The molecular weight excluding hydrogens is 206 g/mol. The number of carbonyl (C=O) groups is 1. The van der Waals surface area contributed by atoms with Crippen LogP contribution in [0, 0.1) is 0 Å². The molecule has 16 heavy (non-hydrogen) atoms. The van der Waals surface area contributed by atoms with Gasteiger partial charge in [-0.05, 0) is 34.6 Å². The van der Waals surface area contributed by atoms with E-state index in [1.165, 1.54) is 0 Å². The molecule has 4 nitrogen and oxygen atoms in total.